The minimum absolute atomic E-state index is 0.207. The van der Waals surface area contributed by atoms with Gasteiger partial charge in [-0.2, -0.15) is 13.2 Å². The van der Waals surface area contributed by atoms with E-state index in [4.69, 9.17) is 17.3 Å². The van der Waals surface area contributed by atoms with Crippen molar-refractivity contribution in [3.8, 4) is 0 Å². The standard InChI is InChI=1S/C12H13ClF3N/c1-10(2)6-11(10,17)8-5-7(12(14,15)16)3-4-9(8)13/h3-5H,6,17H2,1-2H3. The van der Waals surface area contributed by atoms with E-state index in [1.54, 1.807) is 0 Å². The molecule has 5 heteroatoms. The van der Waals surface area contributed by atoms with Crippen molar-refractivity contribution in [3.05, 3.63) is 34.3 Å². The Morgan fingerprint density at radius 1 is 1.29 bits per heavy atom. The zero-order valence-corrected chi connectivity index (χ0v) is 10.3. The second-order valence-electron chi connectivity index (χ2n) is 5.22. The summed E-state index contributed by atoms with van der Waals surface area (Å²) in [6.07, 6.45) is -3.73. The van der Waals surface area contributed by atoms with Crippen molar-refractivity contribution < 1.29 is 13.2 Å². The van der Waals surface area contributed by atoms with E-state index in [0.29, 0.717) is 17.0 Å². The maximum absolute atomic E-state index is 12.6. The average molecular weight is 264 g/mol. The highest BCUT2D eigenvalue weighted by molar-refractivity contribution is 6.31. The Balaban J connectivity index is 2.49. The minimum atomic E-state index is -4.37. The molecule has 0 heterocycles. The van der Waals surface area contributed by atoms with Gasteiger partial charge in [0.15, 0.2) is 0 Å². The lowest BCUT2D eigenvalue weighted by Crippen LogP contribution is -2.26. The average Bonchev–Trinajstić information content (AvgIpc) is 2.65. The van der Waals surface area contributed by atoms with Crippen molar-refractivity contribution >= 4 is 11.6 Å². The fraction of sp³-hybridized carbons (Fsp3) is 0.500. The third-order valence-corrected chi connectivity index (χ3v) is 3.91. The third-order valence-electron chi connectivity index (χ3n) is 3.58. The fourth-order valence-electron chi connectivity index (χ4n) is 2.16. The van der Waals surface area contributed by atoms with Gasteiger partial charge < -0.3 is 5.73 Å². The Kier molecular flexibility index (Phi) is 2.53. The summed E-state index contributed by atoms with van der Waals surface area (Å²) in [6.45, 7) is 3.84. The molecule has 1 atom stereocenters. The highest BCUT2D eigenvalue weighted by Crippen LogP contribution is 2.61. The van der Waals surface area contributed by atoms with E-state index in [-0.39, 0.29) is 5.41 Å². The summed E-state index contributed by atoms with van der Waals surface area (Å²) in [5.41, 5.74) is 4.84. The molecule has 0 spiro atoms. The molecule has 0 radical (unpaired) electrons. The van der Waals surface area contributed by atoms with Crippen LogP contribution in [0.5, 0.6) is 0 Å². The minimum Gasteiger partial charge on any atom is -0.321 e. The maximum atomic E-state index is 12.6. The quantitative estimate of drug-likeness (QED) is 0.816. The van der Waals surface area contributed by atoms with Gasteiger partial charge in [-0.3, -0.25) is 0 Å². The lowest BCUT2D eigenvalue weighted by molar-refractivity contribution is -0.137. The number of rotatable bonds is 1. The fourth-order valence-corrected chi connectivity index (χ4v) is 2.44. The number of alkyl halides is 3. The number of halogens is 4. The van der Waals surface area contributed by atoms with Crippen LogP contribution in [0.25, 0.3) is 0 Å². The van der Waals surface area contributed by atoms with Gasteiger partial charge >= 0.3 is 6.18 Å². The van der Waals surface area contributed by atoms with E-state index in [0.717, 1.165) is 12.1 Å². The Bertz CT molecular complexity index is 467. The highest BCUT2D eigenvalue weighted by Gasteiger charge is 2.60. The first-order valence-electron chi connectivity index (χ1n) is 5.24. The largest absolute Gasteiger partial charge is 0.416 e. The summed E-state index contributed by atoms with van der Waals surface area (Å²) in [6, 6.07) is 3.31. The molecule has 1 fully saturated rings. The van der Waals surface area contributed by atoms with E-state index in [1.807, 2.05) is 13.8 Å². The van der Waals surface area contributed by atoms with Gasteiger partial charge in [0.05, 0.1) is 5.56 Å². The van der Waals surface area contributed by atoms with Crippen molar-refractivity contribution in [2.45, 2.75) is 32.0 Å². The van der Waals surface area contributed by atoms with Crippen LogP contribution in [-0.4, -0.2) is 0 Å². The summed E-state index contributed by atoms with van der Waals surface area (Å²) in [5, 5.41) is 0.297. The number of nitrogens with two attached hydrogens (primary N) is 1. The molecule has 0 saturated heterocycles. The lowest BCUT2D eigenvalue weighted by atomic mass is 9.95. The Morgan fingerprint density at radius 3 is 2.24 bits per heavy atom. The molecule has 1 aliphatic carbocycles. The predicted molar refractivity (Wildman–Crippen MR) is 60.7 cm³/mol. The molecule has 1 nitrogen and oxygen atoms in total. The number of benzene rings is 1. The van der Waals surface area contributed by atoms with Crippen LogP contribution in [0, 0.1) is 5.41 Å². The molecule has 1 saturated carbocycles. The van der Waals surface area contributed by atoms with Crippen molar-refractivity contribution in [1.82, 2.24) is 0 Å². The summed E-state index contributed by atoms with van der Waals surface area (Å²) in [7, 11) is 0. The summed E-state index contributed by atoms with van der Waals surface area (Å²) in [4.78, 5) is 0. The second-order valence-corrected chi connectivity index (χ2v) is 5.63. The van der Waals surface area contributed by atoms with E-state index in [1.165, 1.54) is 6.07 Å². The highest BCUT2D eigenvalue weighted by atomic mass is 35.5. The van der Waals surface area contributed by atoms with Crippen LogP contribution in [-0.2, 0) is 11.7 Å². The van der Waals surface area contributed by atoms with Gasteiger partial charge in [-0.1, -0.05) is 25.4 Å². The first-order valence-corrected chi connectivity index (χ1v) is 5.62. The molecular formula is C12H13ClF3N. The first-order chi connectivity index (χ1) is 7.58. The van der Waals surface area contributed by atoms with E-state index >= 15 is 0 Å². The van der Waals surface area contributed by atoms with E-state index in [9.17, 15) is 13.2 Å². The van der Waals surface area contributed by atoms with Crippen LogP contribution in [0.15, 0.2) is 18.2 Å². The monoisotopic (exact) mass is 263 g/mol. The van der Waals surface area contributed by atoms with Gasteiger partial charge in [-0.15, -0.1) is 0 Å². The van der Waals surface area contributed by atoms with Crippen LogP contribution in [0.4, 0.5) is 13.2 Å². The lowest BCUT2D eigenvalue weighted by Gasteiger charge is -2.19. The molecule has 17 heavy (non-hydrogen) atoms. The Morgan fingerprint density at radius 2 is 1.82 bits per heavy atom. The Labute approximate surface area is 103 Å². The van der Waals surface area contributed by atoms with Gasteiger partial charge in [0.2, 0.25) is 0 Å². The van der Waals surface area contributed by atoms with Crippen LogP contribution >= 0.6 is 11.6 Å². The number of hydrogen-bond donors (Lipinski definition) is 1. The van der Waals surface area contributed by atoms with Crippen molar-refractivity contribution in [1.29, 1.82) is 0 Å². The van der Waals surface area contributed by atoms with E-state index < -0.39 is 17.3 Å². The summed E-state index contributed by atoms with van der Waals surface area (Å²) < 4.78 is 37.9. The van der Waals surface area contributed by atoms with Crippen molar-refractivity contribution in [2.75, 3.05) is 0 Å². The van der Waals surface area contributed by atoms with Crippen molar-refractivity contribution in [3.63, 3.8) is 0 Å². The molecule has 1 aromatic carbocycles. The Hall–Kier alpha value is -0.740. The van der Waals surface area contributed by atoms with Gasteiger partial charge in [0.1, 0.15) is 0 Å². The maximum Gasteiger partial charge on any atom is 0.416 e. The molecule has 1 aliphatic rings. The SMILES string of the molecule is CC1(C)CC1(N)c1cc(C(F)(F)F)ccc1Cl. The second kappa shape index (κ2) is 3.39. The first kappa shape index (κ1) is 12.7. The zero-order valence-electron chi connectivity index (χ0n) is 9.53. The molecule has 94 valence electrons. The van der Waals surface area contributed by atoms with Crippen LogP contribution in [0.1, 0.15) is 31.4 Å². The topological polar surface area (TPSA) is 26.0 Å². The summed E-state index contributed by atoms with van der Waals surface area (Å²) >= 11 is 5.95. The summed E-state index contributed by atoms with van der Waals surface area (Å²) in [5.74, 6) is 0. The third kappa shape index (κ3) is 1.93. The molecule has 0 amide bonds. The van der Waals surface area contributed by atoms with Crippen LogP contribution in [0.3, 0.4) is 0 Å². The molecule has 0 aromatic heterocycles. The van der Waals surface area contributed by atoms with E-state index in [2.05, 4.69) is 0 Å². The van der Waals surface area contributed by atoms with Gasteiger partial charge in [0.25, 0.3) is 0 Å². The predicted octanol–water partition coefficient (Wildman–Crippen LogP) is 3.94. The van der Waals surface area contributed by atoms with Gasteiger partial charge in [0, 0.05) is 10.6 Å². The normalized spacial score (nSPS) is 27.0. The van der Waals surface area contributed by atoms with Gasteiger partial charge in [-0.05, 0) is 35.6 Å². The number of hydrogen-bond acceptors (Lipinski definition) is 1. The van der Waals surface area contributed by atoms with Gasteiger partial charge in [-0.25, -0.2) is 0 Å². The molecule has 1 aromatic rings. The zero-order chi connectivity index (χ0) is 13.1. The van der Waals surface area contributed by atoms with Crippen LogP contribution < -0.4 is 5.73 Å². The van der Waals surface area contributed by atoms with Crippen molar-refractivity contribution in [2.24, 2.45) is 11.1 Å². The molecule has 2 N–H and O–H groups in total. The molecule has 0 aliphatic heterocycles. The smallest absolute Gasteiger partial charge is 0.321 e. The van der Waals surface area contributed by atoms with Crippen LogP contribution in [0.2, 0.25) is 5.02 Å². The molecule has 0 bridgehead atoms. The molecule has 2 rings (SSSR count). The molecule has 1 unspecified atom stereocenters. The molecular weight excluding hydrogens is 251 g/mol.